The van der Waals surface area contributed by atoms with Crippen LogP contribution in [0.25, 0.3) is 0 Å². The topological polar surface area (TPSA) is 85.8 Å². The van der Waals surface area contributed by atoms with Crippen LogP contribution in [0, 0.1) is 5.92 Å². The minimum Gasteiger partial charge on any atom is -0.366 e. The molecule has 1 amide bonds. The van der Waals surface area contributed by atoms with Gasteiger partial charge in [-0.15, -0.1) is 5.10 Å². The Labute approximate surface area is 123 Å². The SMILES string of the molecule is NC(=O)c1ccc(Cn2cc(CNCC3CC3)nn2)cc1. The first-order valence-electron chi connectivity index (χ1n) is 7.19. The standard InChI is InChI=1S/C15H19N5O/c16-15(21)13-5-3-12(4-6-13)9-20-10-14(18-19-20)8-17-7-11-1-2-11/h3-6,10-11,17H,1-2,7-9H2,(H2,16,21). The van der Waals surface area contributed by atoms with E-state index < -0.39 is 5.91 Å². The monoisotopic (exact) mass is 285 g/mol. The Kier molecular flexibility index (Phi) is 3.96. The maximum absolute atomic E-state index is 11.0. The number of rotatable bonds is 7. The Bertz CT molecular complexity index is 615. The fourth-order valence-corrected chi connectivity index (χ4v) is 2.18. The van der Waals surface area contributed by atoms with Gasteiger partial charge >= 0.3 is 0 Å². The molecule has 21 heavy (non-hydrogen) atoms. The minimum atomic E-state index is -0.411. The van der Waals surface area contributed by atoms with E-state index in [9.17, 15) is 4.79 Å². The maximum atomic E-state index is 11.0. The van der Waals surface area contributed by atoms with Crippen molar-refractivity contribution in [2.45, 2.75) is 25.9 Å². The summed E-state index contributed by atoms with van der Waals surface area (Å²) in [5.74, 6) is 0.454. The van der Waals surface area contributed by atoms with E-state index in [1.165, 1.54) is 12.8 Å². The first-order valence-corrected chi connectivity index (χ1v) is 7.19. The quantitative estimate of drug-likeness (QED) is 0.792. The van der Waals surface area contributed by atoms with Gasteiger partial charge in [0.1, 0.15) is 0 Å². The Morgan fingerprint density at radius 2 is 2.10 bits per heavy atom. The third kappa shape index (κ3) is 3.88. The summed E-state index contributed by atoms with van der Waals surface area (Å²) in [7, 11) is 0. The summed E-state index contributed by atoms with van der Waals surface area (Å²) in [4.78, 5) is 11.0. The molecule has 1 aliphatic rings. The van der Waals surface area contributed by atoms with Crippen LogP contribution < -0.4 is 11.1 Å². The Morgan fingerprint density at radius 1 is 1.33 bits per heavy atom. The summed E-state index contributed by atoms with van der Waals surface area (Å²) in [5.41, 5.74) is 7.74. The van der Waals surface area contributed by atoms with E-state index in [4.69, 9.17) is 5.73 Å². The van der Waals surface area contributed by atoms with Crippen LogP contribution in [-0.2, 0) is 13.1 Å². The zero-order valence-corrected chi connectivity index (χ0v) is 11.8. The van der Waals surface area contributed by atoms with Crippen LogP contribution in [0.5, 0.6) is 0 Å². The van der Waals surface area contributed by atoms with E-state index in [-0.39, 0.29) is 0 Å². The molecule has 6 nitrogen and oxygen atoms in total. The summed E-state index contributed by atoms with van der Waals surface area (Å²) in [5, 5.41) is 11.7. The normalized spacial score (nSPS) is 14.3. The van der Waals surface area contributed by atoms with Gasteiger partial charge in [-0.25, -0.2) is 4.68 Å². The van der Waals surface area contributed by atoms with Gasteiger partial charge in [0.15, 0.2) is 0 Å². The number of carbonyl (C=O) groups excluding carboxylic acids is 1. The summed E-state index contributed by atoms with van der Waals surface area (Å²) in [6, 6.07) is 7.22. The predicted molar refractivity (Wildman–Crippen MR) is 78.5 cm³/mol. The van der Waals surface area contributed by atoms with E-state index in [0.29, 0.717) is 12.1 Å². The maximum Gasteiger partial charge on any atom is 0.248 e. The number of benzene rings is 1. The molecule has 2 aromatic rings. The molecule has 1 aromatic heterocycles. The molecule has 0 aliphatic heterocycles. The number of carbonyl (C=O) groups is 1. The summed E-state index contributed by atoms with van der Waals surface area (Å²) in [6.07, 6.45) is 4.64. The molecule has 3 N–H and O–H groups in total. The highest BCUT2D eigenvalue weighted by Gasteiger charge is 2.20. The molecule has 1 saturated carbocycles. The van der Waals surface area contributed by atoms with Crippen LogP contribution in [0.15, 0.2) is 30.5 Å². The van der Waals surface area contributed by atoms with E-state index in [2.05, 4.69) is 15.6 Å². The highest BCUT2D eigenvalue weighted by molar-refractivity contribution is 5.92. The fraction of sp³-hybridized carbons (Fsp3) is 0.400. The van der Waals surface area contributed by atoms with Gasteiger partial charge in [-0.1, -0.05) is 17.3 Å². The van der Waals surface area contributed by atoms with Gasteiger partial charge in [-0.05, 0) is 43.0 Å². The average molecular weight is 285 g/mol. The smallest absolute Gasteiger partial charge is 0.248 e. The highest BCUT2D eigenvalue weighted by Crippen LogP contribution is 2.27. The van der Waals surface area contributed by atoms with Crippen molar-refractivity contribution < 1.29 is 4.79 Å². The zero-order chi connectivity index (χ0) is 14.7. The van der Waals surface area contributed by atoms with Crippen molar-refractivity contribution in [1.29, 1.82) is 0 Å². The lowest BCUT2D eigenvalue weighted by Crippen LogP contribution is -2.16. The van der Waals surface area contributed by atoms with Gasteiger partial charge in [0.2, 0.25) is 5.91 Å². The van der Waals surface area contributed by atoms with Crippen molar-refractivity contribution >= 4 is 5.91 Å². The molecule has 1 heterocycles. The van der Waals surface area contributed by atoms with Crippen LogP contribution in [-0.4, -0.2) is 27.4 Å². The molecular formula is C15H19N5O. The average Bonchev–Trinajstić information content (AvgIpc) is 3.19. The van der Waals surface area contributed by atoms with Crippen molar-refractivity contribution in [3.63, 3.8) is 0 Å². The molecule has 1 fully saturated rings. The van der Waals surface area contributed by atoms with Gasteiger partial charge in [-0.2, -0.15) is 0 Å². The van der Waals surface area contributed by atoms with Crippen molar-refractivity contribution in [1.82, 2.24) is 20.3 Å². The molecule has 0 spiro atoms. The van der Waals surface area contributed by atoms with Crippen LogP contribution in [0.4, 0.5) is 0 Å². The van der Waals surface area contributed by atoms with Gasteiger partial charge in [-0.3, -0.25) is 4.79 Å². The van der Waals surface area contributed by atoms with Gasteiger partial charge in [0.25, 0.3) is 0 Å². The number of hydrogen-bond donors (Lipinski definition) is 2. The number of aromatic nitrogens is 3. The van der Waals surface area contributed by atoms with Gasteiger partial charge in [0.05, 0.1) is 18.4 Å². The fourth-order valence-electron chi connectivity index (χ4n) is 2.18. The summed E-state index contributed by atoms with van der Waals surface area (Å²) < 4.78 is 1.80. The summed E-state index contributed by atoms with van der Waals surface area (Å²) in [6.45, 7) is 2.47. The lowest BCUT2D eigenvalue weighted by Gasteiger charge is -2.02. The molecule has 0 bridgehead atoms. The lowest BCUT2D eigenvalue weighted by atomic mass is 10.1. The Balaban J connectivity index is 1.54. The number of nitrogens with zero attached hydrogens (tertiary/aromatic N) is 3. The number of hydrogen-bond acceptors (Lipinski definition) is 4. The molecule has 0 atom stereocenters. The zero-order valence-electron chi connectivity index (χ0n) is 11.8. The van der Waals surface area contributed by atoms with Gasteiger partial charge in [0, 0.05) is 12.1 Å². The number of amides is 1. The molecule has 110 valence electrons. The molecule has 1 aromatic carbocycles. The molecule has 0 saturated heterocycles. The van der Waals surface area contributed by atoms with E-state index >= 15 is 0 Å². The number of nitrogens with one attached hydrogen (secondary N) is 1. The number of primary amides is 1. The second kappa shape index (κ2) is 6.05. The third-order valence-corrected chi connectivity index (χ3v) is 3.61. The third-order valence-electron chi connectivity index (χ3n) is 3.61. The van der Waals surface area contributed by atoms with Crippen LogP contribution in [0.1, 0.15) is 34.5 Å². The molecule has 1 aliphatic carbocycles. The molecule has 0 radical (unpaired) electrons. The van der Waals surface area contributed by atoms with Crippen LogP contribution in [0.2, 0.25) is 0 Å². The van der Waals surface area contributed by atoms with E-state index in [1.807, 2.05) is 18.3 Å². The van der Waals surface area contributed by atoms with Crippen LogP contribution >= 0.6 is 0 Å². The minimum absolute atomic E-state index is 0.411. The first kappa shape index (κ1) is 13.8. The second-order valence-electron chi connectivity index (χ2n) is 5.54. The van der Waals surface area contributed by atoms with Crippen molar-refractivity contribution in [2.24, 2.45) is 11.7 Å². The number of nitrogens with two attached hydrogens (primary N) is 1. The largest absolute Gasteiger partial charge is 0.366 e. The van der Waals surface area contributed by atoms with Gasteiger partial charge < -0.3 is 11.1 Å². The summed E-state index contributed by atoms with van der Waals surface area (Å²) >= 11 is 0. The molecule has 0 unspecified atom stereocenters. The van der Waals surface area contributed by atoms with Crippen molar-refractivity contribution in [3.05, 3.63) is 47.3 Å². The van der Waals surface area contributed by atoms with E-state index in [0.717, 1.165) is 30.3 Å². The van der Waals surface area contributed by atoms with Crippen molar-refractivity contribution in [3.8, 4) is 0 Å². The lowest BCUT2D eigenvalue weighted by molar-refractivity contribution is 0.100. The second-order valence-corrected chi connectivity index (χ2v) is 5.54. The van der Waals surface area contributed by atoms with Crippen LogP contribution in [0.3, 0.4) is 0 Å². The molecular weight excluding hydrogens is 266 g/mol. The molecule has 6 heteroatoms. The van der Waals surface area contributed by atoms with E-state index in [1.54, 1.807) is 16.8 Å². The highest BCUT2D eigenvalue weighted by atomic mass is 16.1. The Morgan fingerprint density at radius 3 is 2.76 bits per heavy atom. The van der Waals surface area contributed by atoms with Crippen molar-refractivity contribution in [2.75, 3.05) is 6.54 Å². The predicted octanol–water partition coefficient (Wildman–Crippen LogP) is 0.925. The Hall–Kier alpha value is -2.21. The first-order chi connectivity index (χ1) is 10.2. The molecule has 3 rings (SSSR count).